The van der Waals surface area contributed by atoms with Crippen LogP contribution in [-0.4, -0.2) is 20.8 Å². The molecule has 1 unspecified atom stereocenters. The highest BCUT2D eigenvalue weighted by Gasteiger charge is 2.20. The van der Waals surface area contributed by atoms with Crippen LogP contribution in [0.2, 0.25) is 0 Å². The number of hydrogen-bond acceptors (Lipinski definition) is 4. The second kappa shape index (κ2) is 6.55. The summed E-state index contributed by atoms with van der Waals surface area (Å²) in [6.45, 7) is 4.04. The van der Waals surface area contributed by atoms with Gasteiger partial charge in [-0.25, -0.2) is 13.6 Å². The molecule has 0 aliphatic heterocycles. The summed E-state index contributed by atoms with van der Waals surface area (Å²) in [6, 6.07) is 8.88. The molecule has 6 heteroatoms. The molecule has 0 amide bonds. The van der Waals surface area contributed by atoms with E-state index >= 15 is 0 Å². The maximum atomic E-state index is 11.2. The number of hydrogen-bond donors (Lipinski definition) is 1. The van der Waals surface area contributed by atoms with Crippen LogP contribution >= 0.6 is 0 Å². The normalized spacial score (nSPS) is 13.0. The maximum absolute atomic E-state index is 11.2. The van der Waals surface area contributed by atoms with Gasteiger partial charge in [0.1, 0.15) is 11.8 Å². The molecule has 2 N–H and O–H groups in total. The van der Waals surface area contributed by atoms with Gasteiger partial charge in [0, 0.05) is 5.92 Å². The fraction of sp³-hybridized carbons (Fsp3) is 0.462. The fourth-order valence-electron chi connectivity index (χ4n) is 1.61. The lowest BCUT2D eigenvalue weighted by Crippen LogP contribution is -2.30. The van der Waals surface area contributed by atoms with Gasteiger partial charge in [-0.1, -0.05) is 26.0 Å². The lowest BCUT2D eigenvalue weighted by atomic mass is 9.99. The molecule has 1 atom stereocenters. The Morgan fingerprint density at radius 1 is 1.37 bits per heavy atom. The zero-order valence-corrected chi connectivity index (χ0v) is 11.9. The minimum atomic E-state index is -3.53. The Kier molecular flexibility index (Phi) is 5.33. The number of benzene rings is 1. The number of ether oxygens (including phenoxy) is 1. The van der Waals surface area contributed by atoms with Gasteiger partial charge in [0.2, 0.25) is 10.0 Å². The summed E-state index contributed by atoms with van der Waals surface area (Å²) in [5.74, 6) is 0.249. The molecule has 0 radical (unpaired) electrons. The zero-order valence-electron chi connectivity index (χ0n) is 11.0. The first-order chi connectivity index (χ1) is 8.83. The molecule has 0 aliphatic rings. The molecule has 0 bridgehead atoms. The summed E-state index contributed by atoms with van der Waals surface area (Å²) in [7, 11) is -3.53. The molecule has 0 saturated heterocycles. The first-order valence-electron chi connectivity index (χ1n) is 5.96. The standard InChI is InChI=1S/C13H18N2O3S/c1-10(2)12(9-19(15,16)17)8-18-13-6-4-3-5-11(13)7-14/h3-6,10,12H,8-9H2,1-2H3,(H2,15,16,17). The Balaban J connectivity index is 2.75. The Labute approximate surface area is 114 Å². The molecule has 19 heavy (non-hydrogen) atoms. The number of nitrogens with two attached hydrogens (primary N) is 1. The van der Waals surface area contributed by atoms with Gasteiger partial charge in [0.15, 0.2) is 0 Å². The second-order valence-corrected chi connectivity index (χ2v) is 6.41. The van der Waals surface area contributed by atoms with E-state index in [1.807, 2.05) is 19.9 Å². The predicted octanol–water partition coefficient (Wildman–Crippen LogP) is 1.50. The van der Waals surface area contributed by atoms with Crippen molar-refractivity contribution >= 4 is 10.0 Å². The van der Waals surface area contributed by atoms with Crippen LogP contribution in [0.3, 0.4) is 0 Å². The van der Waals surface area contributed by atoms with Gasteiger partial charge in [-0.2, -0.15) is 5.26 Å². The van der Waals surface area contributed by atoms with Crippen molar-refractivity contribution in [2.24, 2.45) is 17.0 Å². The highest BCUT2D eigenvalue weighted by Crippen LogP contribution is 2.20. The van der Waals surface area contributed by atoms with Gasteiger partial charge >= 0.3 is 0 Å². The Morgan fingerprint density at radius 2 is 2.00 bits per heavy atom. The molecule has 0 aliphatic carbocycles. The van der Waals surface area contributed by atoms with Crippen LogP contribution < -0.4 is 9.88 Å². The lowest BCUT2D eigenvalue weighted by Gasteiger charge is -2.20. The van der Waals surface area contributed by atoms with E-state index < -0.39 is 10.0 Å². The summed E-state index contributed by atoms with van der Waals surface area (Å²) in [6.07, 6.45) is 0. The van der Waals surface area contributed by atoms with Crippen LogP contribution in [0.15, 0.2) is 24.3 Å². The van der Waals surface area contributed by atoms with Crippen LogP contribution in [0.4, 0.5) is 0 Å². The minimum Gasteiger partial charge on any atom is -0.492 e. The molecule has 0 heterocycles. The number of nitriles is 1. The van der Waals surface area contributed by atoms with E-state index in [-0.39, 0.29) is 24.2 Å². The van der Waals surface area contributed by atoms with E-state index in [1.165, 1.54) is 0 Å². The predicted molar refractivity (Wildman–Crippen MR) is 73.0 cm³/mol. The van der Waals surface area contributed by atoms with Gasteiger partial charge in [0.05, 0.1) is 17.9 Å². The number of rotatable bonds is 6. The van der Waals surface area contributed by atoms with Crippen molar-refractivity contribution < 1.29 is 13.2 Å². The highest BCUT2D eigenvalue weighted by atomic mass is 32.2. The summed E-state index contributed by atoms with van der Waals surface area (Å²) in [5, 5.41) is 14.0. The smallest absolute Gasteiger partial charge is 0.209 e. The molecule has 0 fully saturated rings. The molecule has 0 saturated carbocycles. The van der Waals surface area contributed by atoms with Crippen molar-refractivity contribution in [3.8, 4) is 11.8 Å². The van der Waals surface area contributed by atoms with Crippen molar-refractivity contribution in [2.75, 3.05) is 12.4 Å². The third-order valence-electron chi connectivity index (χ3n) is 2.85. The average Bonchev–Trinajstić information content (AvgIpc) is 2.33. The quantitative estimate of drug-likeness (QED) is 0.855. The topological polar surface area (TPSA) is 93.2 Å². The summed E-state index contributed by atoms with van der Waals surface area (Å²) in [4.78, 5) is 0. The van der Waals surface area contributed by atoms with E-state index in [1.54, 1.807) is 24.3 Å². The van der Waals surface area contributed by atoms with Crippen LogP contribution in [-0.2, 0) is 10.0 Å². The minimum absolute atomic E-state index is 0.118. The van der Waals surface area contributed by atoms with Crippen molar-refractivity contribution in [1.29, 1.82) is 5.26 Å². The number of primary sulfonamides is 1. The zero-order chi connectivity index (χ0) is 14.5. The van der Waals surface area contributed by atoms with Gasteiger partial charge in [-0.15, -0.1) is 0 Å². The van der Waals surface area contributed by atoms with Crippen LogP contribution in [0.5, 0.6) is 5.75 Å². The Bertz CT molecular complexity index is 561. The van der Waals surface area contributed by atoms with Gasteiger partial charge in [-0.3, -0.25) is 0 Å². The Morgan fingerprint density at radius 3 is 2.53 bits per heavy atom. The van der Waals surface area contributed by atoms with Crippen molar-refractivity contribution in [2.45, 2.75) is 13.8 Å². The molecule has 1 aromatic rings. The van der Waals surface area contributed by atoms with E-state index in [0.29, 0.717) is 11.3 Å². The SMILES string of the molecule is CC(C)C(COc1ccccc1C#N)CS(N)(=O)=O. The van der Waals surface area contributed by atoms with E-state index in [9.17, 15) is 8.42 Å². The number of sulfonamides is 1. The van der Waals surface area contributed by atoms with Crippen LogP contribution in [0.1, 0.15) is 19.4 Å². The van der Waals surface area contributed by atoms with E-state index in [0.717, 1.165) is 0 Å². The molecule has 1 rings (SSSR count). The molecule has 5 nitrogen and oxygen atoms in total. The van der Waals surface area contributed by atoms with Crippen molar-refractivity contribution in [3.05, 3.63) is 29.8 Å². The largest absolute Gasteiger partial charge is 0.492 e. The fourth-order valence-corrected chi connectivity index (χ4v) is 2.69. The van der Waals surface area contributed by atoms with Gasteiger partial charge in [0.25, 0.3) is 0 Å². The molecule has 0 aromatic heterocycles. The van der Waals surface area contributed by atoms with Crippen LogP contribution in [0.25, 0.3) is 0 Å². The van der Waals surface area contributed by atoms with Crippen molar-refractivity contribution in [1.82, 2.24) is 0 Å². The van der Waals surface area contributed by atoms with E-state index in [4.69, 9.17) is 15.1 Å². The van der Waals surface area contributed by atoms with Crippen LogP contribution in [0, 0.1) is 23.2 Å². The summed E-state index contributed by atoms with van der Waals surface area (Å²) < 4.78 is 27.9. The Hall–Kier alpha value is -1.58. The highest BCUT2D eigenvalue weighted by molar-refractivity contribution is 7.89. The monoisotopic (exact) mass is 282 g/mol. The number of para-hydroxylation sites is 1. The average molecular weight is 282 g/mol. The molecular formula is C13H18N2O3S. The molecule has 0 spiro atoms. The number of nitrogens with zero attached hydrogens (tertiary/aromatic N) is 1. The van der Waals surface area contributed by atoms with E-state index in [2.05, 4.69) is 0 Å². The molecule has 104 valence electrons. The first kappa shape index (κ1) is 15.5. The lowest BCUT2D eigenvalue weighted by molar-refractivity contribution is 0.224. The van der Waals surface area contributed by atoms with Crippen molar-refractivity contribution in [3.63, 3.8) is 0 Å². The molecule has 1 aromatic carbocycles. The summed E-state index contributed by atoms with van der Waals surface area (Å²) >= 11 is 0. The van der Waals surface area contributed by atoms with Gasteiger partial charge < -0.3 is 4.74 Å². The third kappa shape index (κ3) is 5.28. The summed E-state index contributed by atoms with van der Waals surface area (Å²) in [5.41, 5.74) is 0.431. The maximum Gasteiger partial charge on any atom is 0.209 e. The second-order valence-electron chi connectivity index (χ2n) is 4.75. The van der Waals surface area contributed by atoms with Gasteiger partial charge in [-0.05, 0) is 18.1 Å². The first-order valence-corrected chi connectivity index (χ1v) is 7.67. The molecular weight excluding hydrogens is 264 g/mol. The third-order valence-corrected chi connectivity index (χ3v) is 3.74.